The Morgan fingerprint density at radius 1 is 1.73 bits per heavy atom. The van der Waals surface area contributed by atoms with Crippen LogP contribution in [0, 0.1) is 5.92 Å². The second-order valence-corrected chi connectivity index (χ2v) is 4.27. The third-order valence-corrected chi connectivity index (χ3v) is 3.41. The second kappa shape index (κ2) is 3.45. The average Bonchev–Trinajstić information content (AvgIpc) is 2.32. The zero-order valence-electron chi connectivity index (χ0n) is 6.83. The molecule has 1 amide bonds. The lowest BCUT2D eigenvalue weighted by Crippen LogP contribution is -2.44. The highest BCUT2D eigenvalue weighted by Crippen LogP contribution is 2.27. The predicted molar refractivity (Wildman–Crippen MR) is 47.2 cm³/mol. The summed E-state index contributed by atoms with van der Waals surface area (Å²) in [6.07, 6.45) is 0. The second-order valence-electron chi connectivity index (χ2n) is 3.10. The Morgan fingerprint density at radius 3 is 2.73 bits per heavy atom. The van der Waals surface area contributed by atoms with Crippen LogP contribution in [0.4, 0.5) is 0 Å². The number of rotatable bonds is 2. The zero-order chi connectivity index (χ0) is 8.43. The molecule has 0 aromatic heterocycles. The van der Waals surface area contributed by atoms with Crippen molar-refractivity contribution in [2.24, 2.45) is 11.7 Å². The predicted octanol–water partition coefficient (Wildman–Crippen LogP) is 0.159. The average molecular weight is 174 g/mol. The molecule has 0 radical (unpaired) electrons. The van der Waals surface area contributed by atoms with Crippen LogP contribution in [0.1, 0.15) is 13.8 Å². The van der Waals surface area contributed by atoms with Gasteiger partial charge in [-0.15, -0.1) is 11.8 Å². The highest BCUT2D eigenvalue weighted by atomic mass is 32.2. The lowest BCUT2D eigenvalue weighted by Gasteiger charge is -2.18. The maximum absolute atomic E-state index is 10.9. The lowest BCUT2D eigenvalue weighted by molar-refractivity contribution is -0.119. The molecule has 0 aromatic carbocycles. The first-order valence-corrected chi connectivity index (χ1v) is 4.82. The van der Waals surface area contributed by atoms with Gasteiger partial charge in [0.2, 0.25) is 5.91 Å². The van der Waals surface area contributed by atoms with Gasteiger partial charge in [-0.25, -0.2) is 0 Å². The van der Waals surface area contributed by atoms with E-state index >= 15 is 0 Å². The maximum Gasteiger partial charge on any atom is 0.235 e. The van der Waals surface area contributed by atoms with E-state index in [-0.39, 0.29) is 11.9 Å². The summed E-state index contributed by atoms with van der Waals surface area (Å²) in [5.41, 5.74) is 5.21. The Balaban J connectivity index is 2.58. The molecule has 0 aliphatic carbocycles. The standard InChI is InChI=1S/C7H14N2OS/c1-4(2)6-5(7(8)10)9-3-11-6/h4-6,9H,3H2,1-2H3,(H2,8,10). The summed E-state index contributed by atoms with van der Waals surface area (Å²) < 4.78 is 0. The maximum atomic E-state index is 10.9. The monoisotopic (exact) mass is 174 g/mol. The molecule has 0 spiro atoms. The van der Waals surface area contributed by atoms with Gasteiger partial charge in [0.1, 0.15) is 0 Å². The zero-order valence-corrected chi connectivity index (χ0v) is 7.65. The van der Waals surface area contributed by atoms with Crippen LogP contribution in [0.15, 0.2) is 0 Å². The fourth-order valence-electron chi connectivity index (χ4n) is 1.29. The Hall–Kier alpha value is -0.220. The fourth-order valence-corrected chi connectivity index (χ4v) is 2.56. The van der Waals surface area contributed by atoms with Gasteiger partial charge in [0.15, 0.2) is 0 Å². The summed E-state index contributed by atoms with van der Waals surface area (Å²) in [6.45, 7) is 4.22. The molecule has 2 unspecified atom stereocenters. The minimum atomic E-state index is -0.228. The van der Waals surface area contributed by atoms with Gasteiger partial charge < -0.3 is 5.73 Å². The lowest BCUT2D eigenvalue weighted by atomic mass is 10.0. The van der Waals surface area contributed by atoms with Gasteiger partial charge in [-0.1, -0.05) is 13.8 Å². The van der Waals surface area contributed by atoms with E-state index in [1.165, 1.54) is 0 Å². The number of carbonyl (C=O) groups is 1. The number of nitrogens with one attached hydrogen (secondary N) is 1. The molecule has 1 aliphatic rings. The molecule has 64 valence electrons. The molecule has 11 heavy (non-hydrogen) atoms. The van der Waals surface area contributed by atoms with E-state index in [1.54, 1.807) is 11.8 Å². The van der Waals surface area contributed by atoms with E-state index in [4.69, 9.17) is 5.73 Å². The molecule has 0 bridgehead atoms. The van der Waals surface area contributed by atoms with E-state index < -0.39 is 0 Å². The summed E-state index contributed by atoms with van der Waals surface area (Å²) in [7, 11) is 0. The van der Waals surface area contributed by atoms with E-state index in [2.05, 4.69) is 19.2 Å². The Kier molecular flexibility index (Phi) is 2.78. The largest absolute Gasteiger partial charge is 0.368 e. The van der Waals surface area contributed by atoms with Crippen LogP contribution in [-0.2, 0) is 4.79 Å². The molecular formula is C7H14N2OS. The van der Waals surface area contributed by atoms with Gasteiger partial charge in [0, 0.05) is 11.1 Å². The van der Waals surface area contributed by atoms with E-state index in [9.17, 15) is 4.79 Å². The normalized spacial score (nSPS) is 31.2. The van der Waals surface area contributed by atoms with Crippen molar-refractivity contribution in [1.82, 2.24) is 5.32 Å². The highest BCUT2D eigenvalue weighted by Gasteiger charge is 2.33. The fraction of sp³-hybridized carbons (Fsp3) is 0.857. The van der Waals surface area contributed by atoms with Crippen molar-refractivity contribution in [3.8, 4) is 0 Å². The summed E-state index contributed by atoms with van der Waals surface area (Å²) in [5.74, 6) is 1.12. The van der Waals surface area contributed by atoms with Crippen LogP contribution in [-0.4, -0.2) is 23.1 Å². The summed E-state index contributed by atoms with van der Waals surface area (Å²) in [4.78, 5) is 10.9. The molecule has 1 heterocycles. The van der Waals surface area contributed by atoms with Crippen molar-refractivity contribution >= 4 is 17.7 Å². The first-order chi connectivity index (χ1) is 5.13. The van der Waals surface area contributed by atoms with Gasteiger partial charge in [0.25, 0.3) is 0 Å². The molecule has 1 aliphatic heterocycles. The van der Waals surface area contributed by atoms with Crippen LogP contribution < -0.4 is 11.1 Å². The molecule has 1 fully saturated rings. The van der Waals surface area contributed by atoms with Crippen molar-refractivity contribution in [3.05, 3.63) is 0 Å². The first kappa shape index (κ1) is 8.87. The van der Waals surface area contributed by atoms with Crippen molar-refractivity contribution in [2.75, 3.05) is 5.88 Å². The molecule has 1 rings (SSSR count). The van der Waals surface area contributed by atoms with Crippen LogP contribution in [0.5, 0.6) is 0 Å². The van der Waals surface area contributed by atoms with Crippen LogP contribution in [0.25, 0.3) is 0 Å². The Bertz CT molecular complexity index is 161. The number of amides is 1. The van der Waals surface area contributed by atoms with E-state index in [1.807, 2.05) is 0 Å². The highest BCUT2D eigenvalue weighted by molar-refractivity contribution is 8.00. The molecule has 3 nitrogen and oxygen atoms in total. The van der Waals surface area contributed by atoms with E-state index in [0.29, 0.717) is 11.2 Å². The van der Waals surface area contributed by atoms with Crippen molar-refractivity contribution < 1.29 is 4.79 Å². The smallest absolute Gasteiger partial charge is 0.235 e. The van der Waals surface area contributed by atoms with E-state index in [0.717, 1.165) is 5.88 Å². The number of thioether (sulfide) groups is 1. The van der Waals surface area contributed by atoms with Gasteiger partial charge in [-0.3, -0.25) is 10.1 Å². The molecule has 0 aromatic rings. The van der Waals surface area contributed by atoms with Crippen LogP contribution >= 0.6 is 11.8 Å². The van der Waals surface area contributed by atoms with Gasteiger partial charge in [-0.2, -0.15) is 0 Å². The molecule has 0 saturated carbocycles. The number of hydrogen-bond donors (Lipinski definition) is 2. The van der Waals surface area contributed by atoms with Gasteiger partial charge in [-0.05, 0) is 5.92 Å². The van der Waals surface area contributed by atoms with Crippen LogP contribution in [0.3, 0.4) is 0 Å². The number of carbonyl (C=O) groups excluding carboxylic acids is 1. The summed E-state index contributed by atoms with van der Waals surface area (Å²) >= 11 is 1.77. The molecule has 1 saturated heterocycles. The molecule has 4 heteroatoms. The number of hydrogen-bond acceptors (Lipinski definition) is 3. The SMILES string of the molecule is CC(C)C1SCNC1C(N)=O. The topological polar surface area (TPSA) is 55.1 Å². The Labute approximate surface area is 71.1 Å². The minimum absolute atomic E-state index is 0.125. The molecular weight excluding hydrogens is 160 g/mol. The van der Waals surface area contributed by atoms with Crippen molar-refractivity contribution in [1.29, 1.82) is 0 Å². The van der Waals surface area contributed by atoms with Gasteiger partial charge in [0.05, 0.1) is 6.04 Å². The Morgan fingerprint density at radius 2 is 2.36 bits per heavy atom. The summed E-state index contributed by atoms with van der Waals surface area (Å²) in [5, 5.41) is 3.43. The summed E-state index contributed by atoms with van der Waals surface area (Å²) in [6, 6.07) is -0.125. The van der Waals surface area contributed by atoms with Gasteiger partial charge >= 0.3 is 0 Å². The minimum Gasteiger partial charge on any atom is -0.368 e. The number of primary amides is 1. The molecule has 3 N–H and O–H groups in total. The van der Waals surface area contributed by atoms with Crippen LogP contribution in [0.2, 0.25) is 0 Å². The first-order valence-electron chi connectivity index (χ1n) is 3.77. The third kappa shape index (κ3) is 1.87. The molecule has 2 atom stereocenters. The number of nitrogens with two attached hydrogens (primary N) is 1. The van der Waals surface area contributed by atoms with Crippen molar-refractivity contribution in [3.63, 3.8) is 0 Å². The quantitative estimate of drug-likeness (QED) is 0.627. The third-order valence-electron chi connectivity index (χ3n) is 1.87. The van der Waals surface area contributed by atoms with Crippen molar-refractivity contribution in [2.45, 2.75) is 25.1 Å².